The number of carbonyl (C=O) groups is 8. The largest absolute Gasteiger partial charge is 0.515 e. The molecule has 0 bridgehead atoms. The molecule has 5 aliphatic heterocycles. The molecule has 1 unspecified atom stereocenters. The number of aliphatic hydroxyl groups is 1. The summed E-state index contributed by atoms with van der Waals surface area (Å²) in [5.41, 5.74) is 7.55. The Morgan fingerprint density at radius 3 is 1.32 bits per heavy atom. The van der Waals surface area contributed by atoms with Crippen molar-refractivity contribution in [1.29, 1.82) is 0 Å². The number of likely N-dealkylation sites (tertiary alicyclic amines) is 2. The number of nitrogens with zero attached hydrogens (tertiary/aromatic N) is 15. The zero-order valence-electron chi connectivity index (χ0n) is 92.8. The number of aromatic nitrogens is 12. The van der Waals surface area contributed by atoms with E-state index in [0.29, 0.717) is 104 Å². The molecule has 0 radical (unpaired) electrons. The Labute approximate surface area is 879 Å². The Morgan fingerprint density at radius 2 is 0.890 bits per heavy atom. The number of carbonyl (C=O) groups excluding carboxylic acids is 8. The van der Waals surface area contributed by atoms with Gasteiger partial charge in [0.15, 0.2) is 11.6 Å². The summed E-state index contributed by atoms with van der Waals surface area (Å²) in [6, 6.07) is 18.9. The van der Waals surface area contributed by atoms with Crippen molar-refractivity contribution in [2.24, 2.45) is 5.92 Å². The minimum atomic E-state index is -1.12. The molecule has 2 saturated heterocycles. The molecule has 5 amide bonds. The number of esters is 1. The SMILES string of the molecule is CC(C)(C)OC(=O)C1CCc2c(c(-n3cccn3)nn2COCC[Si](C)(C)C)C1.CC(C)(C)OC(=O)N1CCC(=O)/C(=C/O)C1.CC(C)(C)OC(=O)N1CCC(=O)CC1.CC(C)(C)OC(=O)N1CCc2[nH]ncc2C1.CC(C)(C)OC(=O)N1CCc2c(c(Br)nn2COCC[Si](C)(C)C)C1.CC(C)(C)OC(=O)N1CCc2c(cnn2COCC[Si](C)(C)C)C1.C[Si](C)(C)CCOCCl.Cc1ccccc1.c1cn[nH]c1. The van der Waals surface area contributed by atoms with Crippen LogP contribution in [0.5, 0.6) is 0 Å². The van der Waals surface area contributed by atoms with Crippen molar-refractivity contribution in [1.82, 2.24) is 84.0 Å². The van der Waals surface area contributed by atoms with Crippen molar-refractivity contribution < 1.29 is 90.8 Å². The fraction of sp³-hybridized carbons (Fsp3) is 0.670. The number of fused-ring (bicyclic) bond motifs is 4. The number of aryl methyl sites for hydroxylation is 1. The number of alkyl halides is 1. The van der Waals surface area contributed by atoms with E-state index in [0.717, 1.165) is 133 Å². The van der Waals surface area contributed by atoms with Gasteiger partial charge in [-0.05, 0) is 203 Å². The number of rotatable bonds is 21. The van der Waals surface area contributed by atoms with Crippen LogP contribution in [-0.4, -0.2) is 281 Å². The smallest absolute Gasteiger partial charge is 0.410 e. The molecule has 11 heterocycles. The van der Waals surface area contributed by atoms with Crippen molar-refractivity contribution in [3.63, 3.8) is 0 Å². The van der Waals surface area contributed by atoms with Crippen molar-refractivity contribution >= 4 is 108 Å². The minimum Gasteiger partial charge on any atom is -0.515 e. The van der Waals surface area contributed by atoms with Gasteiger partial charge < -0.3 is 77.0 Å². The summed E-state index contributed by atoms with van der Waals surface area (Å²) in [6.07, 6.45) is 15.6. The normalized spacial score (nSPS) is 15.8. The molecule has 1 atom stereocenters. The first-order valence-corrected chi connectivity index (χ1v) is 66.5. The highest BCUT2D eigenvalue weighted by Gasteiger charge is 2.38. The van der Waals surface area contributed by atoms with E-state index in [9.17, 15) is 38.4 Å². The molecular formula is C103H173BrClN17O19Si4. The van der Waals surface area contributed by atoms with E-state index in [1.54, 1.807) is 69.8 Å². The number of amides is 5. The van der Waals surface area contributed by atoms with Gasteiger partial charge in [-0.15, -0.1) is 0 Å². The van der Waals surface area contributed by atoms with E-state index < -0.39 is 72.0 Å². The Hall–Kier alpha value is -9.34. The second kappa shape index (κ2) is 58.0. The zero-order valence-corrected chi connectivity index (χ0v) is 99.2. The van der Waals surface area contributed by atoms with Gasteiger partial charge in [0.25, 0.3) is 0 Å². The number of halogens is 2. The monoisotopic (exact) mass is 2180 g/mol. The number of ether oxygens (including phenoxy) is 10. The van der Waals surface area contributed by atoms with Crippen LogP contribution in [-0.2, 0) is 134 Å². The maximum absolute atomic E-state index is 12.6. The summed E-state index contributed by atoms with van der Waals surface area (Å²) >= 11 is 8.85. The Morgan fingerprint density at radius 1 is 0.462 bits per heavy atom. The van der Waals surface area contributed by atoms with Crippen LogP contribution < -0.4 is 0 Å². The number of aliphatic hydroxyl groups excluding tert-OH is 1. The molecule has 0 spiro atoms. The number of aromatic amines is 2. The third-order valence-corrected chi connectivity index (χ3v) is 29.4. The van der Waals surface area contributed by atoms with Crippen LogP contribution >= 0.6 is 27.5 Å². The van der Waals surface area contributed by atoms with Crippen LogP contribution in [0.25, 0.3) is 5.82 Å². The van der Waals surface area contributed by atoms with Gasteiger partial charge >= 0.3 is 36.4 Å². The number of nitrogens with one attached hydrogen (secondary N) is 2. The van der Waals surface area contributed by atoms with Gasteiger partial charge in [-0.2, -0.15) is 30.6 Å². The molecule has 1 aliphatic carbocycles. The minimum absolute atomic E-state index is 0.115. The number of Topliss-reactive ketones (excluding diaryl/α,β-unsaturated/α-hetero) is 2. The fourth-order valence-corrected chi connectivity index (χ4v) is 17.8. The molecule has 7 aromatic rings. The Kier molecular flexibility index (Phi) is 50.4. The molecular weight excluding hydrogens is 2010 g/mol. The predicted octanol–water partition coefficient (Wildman–Crippen LogP) is 21.4. The maximum atomic E-state index is 12.6. The molecule has 13 rings (SSSR count). The summed E-state index contributed by atoms with van der Waals surface area (Å²) in [5.74, 6) is 0.606. The van der Waals surface area contributed by atoms with E-state index in [4.69, 9.17) is 69.2 Å². The Bertz CT molecular complexity index is 5110. The lowest BCUT2D eigenvalue weighted by molar-refractivity contribution is -0.160. The van der Waals surface area contributed by atoms with Crippen LogP contribution in [0.2, 0.25) is 103 Å². The molecule has 42 heteroatoms. The van der Waals surface area contributed by atoms with Crippen molar-refractivity contribution in [3.8, 4) is 5.82 Å². The van der Waals surface area contributed by atoms with Gasteiger partial charge in [-0.3, -0.25) is 24.6 Å². The third-order valence-electron chi connectivity index (χ3n) is 21.8. The lowest BCUT2D eigenvalue weighted by Gasteiger charge is -2.30. The van der Waals surface area contributed by atoms with Gasteiger partial charge in [0.05, 0.1) is 50.8 Å². The fourth-order valence-electron chi connectivity index (χ4n) is 14.1. The van der Waals surface area contributed by atoms with E-state index >= 15 is 0 Å². The standard InChI is InChI=1S/C21H34N4O3Si.C17H30BrN3O3Si.C17H31N3O3Si.C11H17N3O2.C11H17NO4.C10H17NO3.C7H8.C6H15ClOSi.C3H4N2/c1-21(2,3)28-20(26)16-8-9-18-17(14-16)19(24-11-7-10-22-24)23-25(18)15-27-12-13-29(4,5)6;1-17(2,3)24-16(22)20-8-7-14-13(11-20)15(18)19-21(14)12-23-9-10-25(4,5)6;1-17(2,3)23-16(21)19-8-7-15-14(12-19)11-18-20(15)13-22-9-10-24(4,5)6;1-11(2,3)16-10(15)14-5-4-9-8(7-14)6-12-13-9;1-11(2,3)16-10(15)12-5-4-9(14)8(6-12)7-13;1-10(2,3)14-9(13)11-6-4-8(12)5-7-11;1-7-5-3-2-4-6-7;1-9(2,3)5-4-8-6-7;1-2-4-5-3-1/h7,10-11,16H,8-9,12-15H2,1-6H3;7-12H2,1-6H3;11H,7-10,12-13H2,1-6H3;6H,4-5,7H2,1-3H3,(H,12,13);7,13H,4-6H2,1-3H3;4-7H2,1-3H3;2-6H,1H3;4-6H2,1-3H3;1-3H,(H,4,5)/b;;;;8-7+;;;;. The maximum Gasteiger partial charge on any atom is 0.410 e. The summed E-state index contributed by atoms with van der Waals surface area (Å²) in [5, 5.41) is 40.0. The van der Waals surface area contributed by atoms with Crippen LogP contribution in [0.3, 0.4) is 0 Å². The lowest BCUT2D eigenvalue weighted by atomic mass is 9.87. The van der Waals surface area contributed by atoms with E-state index in [2.05, 4.69) is 149 Å². The summed E-state index contributed by atoms with van der Waals surface area (Å²) in [7, 11) is -4.15. The average Bonchev–Trinajstić information content (AvgIpc) is 1.74. The van der Waals surface area contributed by atoms with Crippen LogP contribution in [0.4, 0.5) is 24.0 Å². The van der Waals surface area contributed by atoms with Crippen molar-refractivity contribution in [2.45, 2.75) is 366 Å². The van der Waals surface area contributed by atoms with Gasteiger partial charge in [-0.25, -0.2) is 42.7 Å². The first-order chi connectivity index (χ1) is 67.2. The van der Waals surface area contributed by atoms with E-state index in [1.165, 1.54) is 22.2 Å². The third kappa shape index (κ3) is 51.4. The van der Waals surface area contributed by atoms with Gasteiger partial charge in [0, 0.05) is 212 Å². The molecule has 1 aromatic carbocycles. The second-order valence-electron chi connectivity index (χ2n) is 47.4. The van der Waals surface area contributed by atoms with Gasteiger partial charge in [0.2, 0.25) is 0 Å². The zero-order chi connectivity index (χ0) is 109. The average molecular weight is 2180 g/mol. The van der Waals surface area contributed by atoms with E-state index in [-0.39, 0.29) is 66.4 Å². The molecule has 3 N–H and O–H groups in total. The first kappa shape index (κ1) is 126. The quantitative estimate of drug-likeness (QED) is 0.0114. The topological polar surface area (TPSA) is 394 Å². The number of ketones is 2. The highest BCUT2D eigenvalue weighted by atomic mass is 79.9. The molecule has 814 valence electrons. The van der Waals surface area contributed by atoms with Gasteiger partial charge in [-0.1, -0.05) is 126 Å². The molecule has 6 aliphatic rings. The van der Waals surface area contributed by atoms with Crippen LogP contribution in [0.1, 0.15) is 201 Å². The number of benzene rings is 1. The molecule has 6 aromatic heterocycles. The highest BCUT2D eigenvalue weighted by Crippen LogP contribution is 2.34. The molecule has 145 heavy (non-hydrogen) atoms. The van der Waals surface area contributed by atoms with E-state index in [1.807, 2.05) is 161 Å². The molecule has 2 fully saturated rings. The number of piperidine rings is 2. The first-order valence-electron chi connectivity index (χ1n) is 50.4. The highest BCUT2D eigenvalue weighted by molar-refractivity contribution is 9.10. The number of hydrogen-bond acceptors (Lipinski definition) is 25. The van der Waals surface area contributed by atoms with Crippen molar-refractivity contribution in [2.75, 3.05) is 78.3 Å². The second-order valence-corrected chi connectivity index (χ2v) is 70.8. The summed E-state index contributed by atoms with van der Waals surface area (Å²) < 4.78 is 63.1. The van der Waals surface area contributed by atoms with Crippen LogP contribution in [0, 0.1) is 12.8 Å². The summed E-state index contributed by atoms with van der Waals surface area (Å²) in [4.78, 5) is 103. The number of H-pyrrole nitrogens is 2. The van der Waals surface area contributed by atoms with Crippen LogP contribution in [0.15, 0.2) is 96.1 Å². The Balaban J connectivity index is 0.000000298. The lowest BCUT2D eigenvalue weighted by Crippen LogP contribution is -2.43. The van der Waals surface area contributed by atoms with Crippen molar-refractivity contribution in [3.05, 3.63) is 147 Å². The van der Waals surface area contributed by atoms with Gasteiger partial charge in [0.1, 0.15) is 70.3 Å². The number of hydrogen-bond donors (Lipinski definition) is 3. The molecule has 0 saturated carbocycles. The predicted molar refractivity (Wildman–Crippen MR) is 580 cm³/mol. The summed E-state index contributed by atoms with van der Waals surface area (Å²) in [6.45, 7) is 73.2. The molecule has 36 nitrogen and oxygen atoms in total.